The Kier molecular flexibility index (Phi) is 8.99. The van der Waals surface area contributed by atoms with Crippen LogP contribution in [0.25, 0.3) is 0 Å². The summed E-state index contributed by atoms with van der Waals surface area (Å²) >= 11 is 0. The van der Waals surface area contributed by atoms with Gasteiger partial charge in [-0.25, -0.2) is 0 Å². The summed E-state index contributed by atoms with van der Waals surface area (Å²) in [6.07, 6.45) is 0. The molecule has 9 nitrogen and oxygen atoms in total. The van der Waals surface area contributed by atoms with Crippen LogP contribution in [0.4, 0.5) is 11.4 Å². The standard InChI is InChI=1S/C30H27N3O6/c1-21-9-8-14-26(28(21)33(36)37)29(34)32-27(20-38-19-22-10-4-2-5-11-22)30(35)31-23-15-17-25(18-16-23)39-24-12-6-3-7-13-24/h2-18,27H,19-20H2,1H3,(H,31,35)(H,32,34). The molecule has 4 rings (SSSR count). The maximum atomic E-state index is 13.2. The van der Waals surface area contributed by atoms with Gasteiger partial charge in [0, 0.05) is 11.3 Å². The van der Waals surface area contributed by atoms with Crippen molar-refractivity contribution in [2.75, 3.05) is 11.9 Å². The second-order valence-electron chi connectivity index (χ2n) is 8.68. The maximum absolute atomic E-state index is 13.2. The van der Waals surface area contributed by atoms with E-state index in [9.17, 15) is 19.7 Å². The number of rotatable bonds is 11. The van der Waals surface area contributed by atoms with Gasteiger partial charge in [-0.15, -0.1) is 0 Å². The normalized spacial score (nSPS) is 11.3. The van der Waals surface area contributed by atoms with Gasteiger partial charge >= 0.3 is 0 Å². The molecule has 1 unspecified atom stereocenters. The van der Waals surface area contributed by atoms with E-state index in [1.54, 1.807) is 43.3 Å². The molecule has 0 radical (unpaired) electrons. The fourth-order valence-corrected chi connectivity index (χ4v) is 3.83. The van der Waals surface area contributed by atoms with E-state index in [1.807, 2.05) is 60.7 Å². The van der Waals surface area contributed by atoms with E-state index in [4.69, 9.17) is 9.47 Å². The molecule has 1 atom stereocenters. The van der Waals surface area contributed by atoms with Crippen molar-refractivity contribution in [3.63, 3.8) is 0 Å². The molecule has 0 aliphatic heterocycles. The number of amides is 2. The Bertz CT molecular complexity index is 1430. The molecule has 2 N–H and O–H groups in total. The summed E-state index contributed by atoms with van der Waals surface area (Å²) in [6, 6.07) is 28.7. The summed E-state index contributed by atoms with van der Waals surface area (Å²) in [5, 5.41) is 17.0. The lowest BCUT2D eigenvalue weighted by Gasteiger charge is -2.19. The van der Waals surface area contributed by atoms with Crippen LogP contribution in [0.3, 0.4) is 0 Å². The molecule has 0 heterocycles. The molecule has 0 aromatic heterocycles. The van der Waals surface area contributed by atoms with Crippen LogP contribution < -0.4 is 15.4 Å². The van der Waals surface area contributed by atoms with Crippen LogP contribution in [0.5, 0.6) is 11.5 Å². The van der Waals surface area contributed by atoms with Crippen molar-refractivity contribution >= 4 is 23.2 Å². The third-order valence-corrected chi connectivity index (χ3v) is 5.78. The minimum atomic E-state index is -1.12. The van der Waals surface area contributed by atoms with Crippen molar-refractivity contribution in [1.29, 1.82) is 0 Å². The Morgan fingerprint density at radius 3 is 2.15 bits per heavy atom. The highest BCUT2D eigenvalue weighted by molar-refractivity contribution is 6.03. The number of hydrogen-bond donors (Lipinski definition) is 2. The van der Waals surface area contributed by atoms with Gasteiger partial charge in [0.05, 0.1) is 18.1 Å². The first-order chi connectivity index (χ1) is 18.9. The van der Waals surface area contributed by atoms with Gasteiger partial charge in [-0.05, 0) is 55.0 Å². The third kappa shape index (κ3) is 7.50. The molecule has 0 aliphatic rings. The summed E-state index contributed by atoms with van der Waals surface area (Å²) in [6.45, 7) is 1.62. The Morgan fingerprint density at radius 1 is 0.846 bits per heavy atom. The van der Waals surface area contributed by atoms with E-state index in [-0.39, 0.29) is 24.5 Å². The molecule has 0 bridgehead atoms. The average molecular weight is 526 g/mol. The first kappa shape index (κ1) is 27.0. The molecule has 39 heavy (non-hydrogen) atoms. The topological polar surface area (TPSA) is 120 Å². The van der Waals surface area contributed by atoms with Crippen LogP contribution in [0.1, 0.15) is 21.5 Å². The first-order valence-electron chi connectivity index (χ1n) is 12.2. The van der Waals surface area contributed by atoms with Crippen molar-refractivity contribution in [3.05, 3.63) is 130 Å². The largest absolute Gasteiger partial charge is 0.457 e. The predicted molar refractivity (Wildman–Crippen MR) is 147 cm³/mol. The number of carbonyl (C=O) groups is 2. The lowest BCUT2D eigenvalue weighted by atomic mass is 10.1. The smallest absolute Gasteiger partial charge is 0.285 e. The zero-order chi connectivity index (χ0) is 27.6. The van der Waals surface area contributed by atoms with E-state index < -0.39 is 22.8 Å². The monoisotopic (exact) mass is 525 g/mol. The zero-order valence-corrected chi connectivity index (χ0v) is 21.2. The number of anilines is 1. The highest BCUT2D eigenvalue weighted by Crippen LogP contribution is 2.24. The van der Waals surface area contributed by atoms with E-state index in [1.165, 1.54) is 6.07 Å². The number of benzene rings is 4. The second-order valence-corrected chi connectivity index (χ2v) is 8.68. The van der Waals surface area contributed by atoms with Crippen LogP contribution in [0, 0.1) is 17.0 Å². The van der Waals surface area contributed by atoms with Crippen LogP contribution in [-0.2, 0) is 16.1 Å². The summed E-state index contributed by atoms with van der Waals surface area (Å²) in [5.41, 5.74) is 1.26. The predicted octanol–water partition coefficient (Wildman–Crippen LogP) is 5.65. The van der Waals surface area contributed by atoms with E-state index in [0.717, 1.165) is 5.56 Å². The minimum absolute atomic E-state index is 0.136. The van der Waals surface area contributed by atoms with Crippen LogP contribution in [-0.4, -0.2) is 29.4 Å². The van der Waals surface area contributed by atoms with E-state index in [0.29, 0.717) is 22.7 Å². The molecular formula is C30H27N3O6. The van der Waals surface area contributed by atoms with Gasteiger partial charge in [-0.3, -0.25) is 19.7 Å². The molecule has 0 spiro atoms. The van der Waals surface area contributed by atoms with E-state index >= 15 is 0 Å². The van der Waals surface area contributed by atoms with Gasteiger partial charge in [0.1, 0.15) is 23.1 Å². The average Bonchev–Trinajstić information content (AvgIpc) is 2.94. The Hall–Kier alpha value is -5.02. The molecule has 4 aromatic carbocycles. The Labute approximate surface area is 225 Å². The van der Waals surface area contributed by atoms with Crippen molar-refractivity contribution in [1.82, 2.24) is 5.32 Å². The molecule has 0 fully saturated rings. The second kappa shape index (κ2) is 13.0. The molecule has 0 saturated heterocycles. The first-order valence-corrected chi connectivity index (χ1v) is 12.2. The number of hydrogen-bond acceptors (Lipinski definition) is 6. The number of nitro benzene ring substituents is 1. The summed E-state index contributed by atoms with van der Waals surface area (Å²) in [5.74, 6) is -0.0243. The summed E-state index contributed by atoms with van der Waals surface area (Å²) < 4.78 is 11.5. The Morgan fingerprint density at radius 2 is 1.49 bits per heavy atom. The van der Waals surface area contributed by atoms with Crippen LogP contribution >= 0.6 is 0 Å². The molecule has 198 valence electrons. The molecular weight excluding hydrogens is 498 g/mol. The number of ether oxygens (including phenoxy) is 2. The third-order valence-electron chi connectivity index (χ3n) is 5.78. The number of nitro groups is 1. The number of nitrogens with one attached hydrogen (secondary N) is 2. The highest BCUT2D eigenvalue weighted by atomic mass is 16.6. The quantitative estimate of drug-likeness (QED) is 0.193. The summed E-state index contributed by atoms with van der Waals surface area (Å²) in [7, 11) is 0. The summed E-state index contributed by atoms with van der Waals surface area (Å²) in [4.78, 5) is 37.3. The zero-order valence-electron chi connectivity index (χ0n) is 21.2. The molecule has 9 heteroatoms. The highest BCUT2D eigenvalue weighted by Gasteiger charge is 2.27. The lowest BCUT2D eigenvalue weighted by molar-refractivity contribution is -0.385. The minimum Gasteiger partial charge on any atom is -0.457 e. The van der Waals surface area contributed by atoms with Gasteiger partial charge < -0.3 is 20.1 Å². The maximum Gasteiger partial charge on any atom is 0.285 e. The van der Waals surface area contributed by atoms with Gasteiger partial charge in [0.15, 0.2) is 0 Å². The van der Waals surface area contributed by atoms with Crippen molar-refractivity contribution in [2.45, 2.75) is 19.6 Å². The van der Waals surface area contributed by atoms with Crippen LogP contribution in [0.2, 0.25) is 0 Å². The van der Waals surface area contributed by atoms with Crippen molar-refractivity contribution in [3.8, 4) is 11.5 Å². The molecule has 0 saturated carbocycles. The van der Waals surface area contributed by atoms with Gasteiger partial charge in [-0.2, -0.15) is 0 Å². The van der Waals surface area contributed by atoms with Crippen molar-refractivity contribution in [2.24, 2.45) is 0 Å². The van der Waals surface area contributed by atoms with Gasteiger partial charge in [0.2, 0.25) is 5.91 Å². The van der Waals surface area contributed by atoms with Crippen molar-refractivity contribution < 1.29 is 24.0 Å². The fourth-order valence-electron chi connectivity index (χ4n) is 3.83. The van der Waals surface area contributed by atoms with E-state index in [2.05, 4.69) is 10.6 Å². The van der Waals surface area contributed by atoms with Gasteiger partial charge in [0.25, 0.3) is 11.6 Å². The number of para-hydroxylation sites is 2. The Balaban J connectivity index is 1.47. The lowest BCUT2D eigenvalue weighted by Crippen LogP contribution is -2.47. The molecule has 2 amide bonds. The number of aryl methyl sites for hydroxylation is 1. The number of carbonyl (C=O) groups excluding carboxylic acids is 2. The molecule has 4 aromatic rings. The number of nitrogens with zero attached hydrogens (tertiary/aromatic N) is 1. The van der Waals surface area contributed by atoms with Crippen LogP contribution in [0.15, 0.2) is 103 Å². The van der Waals surface area contributed by atoms with Gasteiger partial charge in [-0.1, -0.05) is 60.7 Å². The SMILES string of the molecule is Cc1cccc(C(=O)NC(COCc2ccccc2)C(=O)Nc2ccc(Oc3ccccc3)cc2)c1[N+](=O)[O-]. The fraction of sp³-hybridized carbons (Fsp3) is 0.133. The molecule has 0 aliphatic carbocycles.